The first-order valence-electron chi connectivity index (χ1n) is 5.97. The minimum absolute atomic E-state index is 0.372. The van der Waals surface area contributed by atoms with Crippen LogP contribution >= 0.6 is 0 Å². The third kappa shape index (κ3) is 2.61. The van der Waals surface area contributed by atoms with Gasteiger partial charge in [-0.15, -0.1) is 0 Å². The fourth-order valence-electron chi connectivity index (χ4n) is 2.11. The zero-order chi connectivity index (χ0) is 15.4. The minimum Gasteiger partial charge on any atom is -0.493 e. The molecule has 0 saturated heterocycles. The summed E-state index contributed by atoms with van der Waals surface area (Å²) in [7, 11) is 4.53. The van der Waals surface area contributed by atoms with Crippen molar-refractivity contribution in [3.8, 4) is 11.5 Å². The Morgan fingerprint density at radius 2 is 1.95 bits per heavy atom. The molecule has 1 aromatic carbocycles. The van der Waals surface area contributed by atoms with Crippen molar-refractivity contribution in [2.45, 2.75) is 13.8 Å². The Hall–Kier alpha value is -2.44. The van der Waals surface area contributed by atoms with Crippen molar-refractivity contribution in [1.82, 2.24) is 5.32 Å². The van der Waals surface area contributed by atoms with Crippen molar-refractivity contribution in [2.75, 3.05) is 26.2 Å². The summed E-state index contributed by atoms with van der Waals surface area (Å²) in [5.74, 6) is 0.692. The third-order valence-corrected chi connectivity index (χ3v) is 2.95. The Bertz CT molecular complexity index is 543. The van der Waals surface area contributed by atoms with E-state index in [0.29, 0.717) is 22.7 Å². The molecule has 0 atom stereocenters. The fourth-order valence-corrected chi connectivity index (χ4v) is 2.11. The van der Waals surface area contributed by atoms with Crippen LogP contribution in [-0.4, -0.2) is 33.3 Å². The molecule has 0 aliphatic heterocycles. The van der Waals surface area contributed by atoms with Crippen LogP contribution in [-0.2, 0) is 0 Å². The summed E-state index contributed by atoms with van der Waals surface area (Å²) < 4.78 is 10.6. The molecule has 0 aliphatic carbocycles. The molecule has 0 radical (unpaired) electrons. The molecule has 0 bridgehead atoms. The lowest BCUT2D eigenvalue weighted by Gasteiger charge is -2.25. The summed E-state index contributed by atoms with van der Waals surface area (Å²) in [5.41, 5.74) is 7.45. The van der Waals surface area contributed by atoms with Gasteiger partial charge in [-0.2, -0.15) is 0 Å². The first-order chi connectivity index (χ1) is 9.38. The number of methoxy groups -OCH3 is 2. The number of carbonyl (C=O) groups is 1. The van der Waals surface area contributed by atoms with Gasteiger partial charge in [-0.1, -0.05) is 0 Å². The molecule has 0 spiro atoms. The predicted molar refractivity (Wildman–Crippen MR) is 77.9 cm³/mol. The number of hydrogen-bond acceptors (Lipinski definition) is 4. The van der Waals surface area contributed by atoms with Crippen molar-refractivity contribution >= 4 is 17.7 Å². The van der Waals surface area contributed by atoms with Crippen molar-refractivity contribution in [3.63, 3.8) is 0 Å². The van der Waals surface area contributed by atoms with Crippen molar-refractivity contribution in [3.05, 3.63) is 17.2 Å². The number of anilines is 1. The topological polar surface area (TPSA) is 101 Å². The molecular formula is C13H20N4O3. The highest BCUT2D eigenvalue weighted by molar-refractivity contribution is 6.15. The summed E-state index contributed by atoms with van der Waals surface area (Å²) in [6.45, 7) is 3.59. The van der Waals surface area contributed by atoms with Crippen LogP contribution in [0.2, 0.25) is 0 Å². The van der Waals surface area contributed by atoms with Gasteiger partial charge in [0.1, 0.15) is 0 Å². The van der Waals surface area contributed by atoms with Crippen molar-refractivity contribution in [1.29, 1.82) is 5.41 Å². The summed E-state index contributed by atoms with van der Waals surface area (Å²) in [4.78, 5) is 13.0. The van der Waals surface area contributed by atoms with Crippen LogP contribution in [0.3, 0.4) is 0 Å². The SMILES string of the molecule is CNC(=O)N(C(=N)N)c1c(C)cc(OC)c(OC)c1C. The second-order valence-corrected chi connectivity index (χ2v) is 4.18. The van der Waals surface area contributed by atoms with Crippen molar-refractivity contribution < 1.29 is 14.3 Å². The minimum atomic E-state index is -0.490. The quantitative estimate of drug-likeness (QED) is 0.575. The molecule has 20 heavy (non-hydrogen) atoms. The van der Waals surface area contributed by atoms with Crippen LogP contribution in [0.15, 0.2) is 6.07 Å². The van der Waals surface area contributed by atoms with Gasteiger partial charge in [0.15, 0.2) is 11.5 Å². The zero-order valence-electron chi connectivity index (χ0n) is 12.3. The Labute approximate surface area is 118 Å². The number of carbonyl (C=O) groups excluding carboxylic acids is 1. The lowest BCUT2D eigenvalue weighted by atomic mass is 10.1. The van der Waals surface area contributed by atoms with Crippen LogP contribution in [0.4, 0.5) is 10.5 Å². The Kier molecular flexibility index (Phi) is 4.79. The molecule has 0 saturated carbocycles. The van der Waals surface area contributed by atoms with Crippen molar-refractivity contribution in [2.24, 2.45) is 5.73 Å². The third-order valence-electron chi connectivity index (χ3n) is 2.95. The lowest BCUT2D eigenvalue weighted by Crippen LogP contribution is -2.46. The summed E-state index contributed by atoms with van der Waals surface area (Å²) >= 11 is 0. The molecule has 1 rings (SSSR count). The number of amides is 2. The normalized spacial score (nSPS) is 9.85. The first-order valence-corrected chi connectivity index (χ1v) is 5.97. The maximum atomic E-state index is 11.9. The highest BCUT2D eigenvalue weighted by Crippen LogP contribution is 2.39. The second-order valence-electron chi connectivity index (χ2n) is 4.18. The molecule has 110 valence electrons. The fraction of sp³-hybridized carbons (Fsp3) is 0.385. The average Bonchev–Trinajstić information content (AvgIpc) is 2.41. The monoisotopic (exact) mass is 280 g/mol. The van der Waals surface area contributed by atoms with Gasteiger partial charge in [-0.25, -0.2) is 9.69 Å². The molecule has 0 unspecified atom stereocenters. The van der Waals surface area contributed by atoms with E-state index in [-0.39, 0.29) is 5.96 Å². The maximum absolute atomic E-state index is 11.9. The summed E-state index contributed by atoms with van der Waals surface area (Å²) in [6, 6.07) is 1.25. The molecule has 0 heterocycles. The van der Waals surface area contributed by atoms with Gasteiger partial charge in [0, 0.05) is 12.6 Å². The first kappa shape index (κ1) is 15.6. The Morgan fingerprint density at radius 1 is 1.35 bits per heavy atom. The van der Waals surface area contributed by atoms with E-state index >= 15 is 0 Å². The smallest absolute Gasteiger partial charge is 0.328 e. The number of nitrogens with one attached hydrogen (secondary N) is 2. The predicted octanol–water partition coefficient (Wildman–Crippen LogP) is 1.36. The molecular weight excluding hydrogens is 260 g/mol. The summed E-state index contributed by atoms with van der Waals surface area (Å²) in [5, 5.41) is 10.1. The van der Waals surface area contributed by atoms with Gasteiger partial charge >= 0.3 is 6.03 Å². The van der Waals surface area contributed by atoms with Crippen LogP contribution in [0.5, 0.6) is 11.5 Å². The zero-order valence-corrected chi connectivity index (χ0v) is 12.3. The average molecular weight is 280 g/mol. The number of guanidine groups is 1. The number of ether oxygens (including phenoxy) is 2. The van der Waals surface area contributed by atoms with Gasteiger partial charge in [0.05, 0.1) is 19.9 Å². The molecule has 0 fully saturated rings. The largest absolute Gasteiger partial charge is 0.493 e. The van der Waals surface area contributed by atoms with E-state index in [2.05, 4.69) is 5.32 Å². The van der Waals surface area contributed by atoms with E-state index < -0.39 is 6.03 Å². The number of nitrogens with two attached hydrogens (primary N) is 1. The van der Waals surface area contributed by atoms with Crippen LogP contribution in [0, 0.1) is 19.3 Å². The van der Waals surface area contributed by atoms with E-state index in [1.807, 2.05) is 6.92 Å². The van der Waals surface area contributed by atoms with Gasteiger partial charge in [-0.05, 0) is 25.5 Å². The maximum Gasteiger partial charge on any atom is 0.328 e. The number of nitrogens with zero attached hydrogens (tertiary/aromatic N) is 1. The van der Waals surface area contributed by atoms with Crippen LogP contribution in [0.1, 0.15) is 11.1 Å². The highest BCUT2D eigenvalue weighted by Gasteiger charge is 2.25. The molecule has 4 N–H and O–H groups in total. The van der Waals surface area contributed by atoms with Gasteiger partial charge in [-0.3, -0.25) is 5.41 Å². The van der Waals surface area contributed by atoms with Gasteiger partial charge in [0.25, 0.3) is 0 Å². The van der Waals surface area contributed by atoms with E-state index in [1.165, 1.54) is 21.3 Å². The molecule has 0 aromatic heterocycles. The molecule has 2 amide bonds. The summed E-state index contributed by atoms with van der Waals surface area (Å²) in [6.07, 6.45) is 0. The van der Waals surface area contributed by atoms with E-state index in [1.54, 1.807) is 13.0 Å². The molecule has 0 aliphatic rings. The van der Waals surface area contributed by atoms with Gasteiger partial charge in [0.2, 0.25) is 5.96 Å². The van der Waals surface area contributed by atoms with Crippen LogP contribution < -0.4 is 25.4 Å². The molecule has 7 nitrogen and oxygen atoms in total. The Balaban J connectivity index is 3.58. The number of aryl methyl sites for hydroxylation is 1. The Morgan fingerprint density at radius 3 is 2.35 bits per heavy atom. The molecule has 1 aromatic rings. The molecule has 7 heteroatoms. The number of urea groups is 1. The van der Waals surface area contributed by atoms with Crippen LogP contribution in [0.25, 0.3) is 0 Å². The lowest BCUT2D eigenvalue weighted by molar-refractivity contribution is 0.251. The van der Waals surface area contributed by atoms with E-state index in [4.69, 9.17) is 20.6 Å². The second kappa shape index (κ2) is 6.14. The number of rotatable bonds is 3. The standard InChI is InChI=1S/C13H20N4O3/c1-7-6-9(19-4)11(20-5)8(2)10(7)17(12(14)15)13(18)16-3/h6H,1-5H3,(H3,14,15)(H,16,18). The van der Waals surface area contributed by atoms with Gasteiger partial charge < -0.3 is 20.5 Å². The van der Waals surface area contributed by atoms with E-state index in [0.717, 1.165) is 10.5 Å². The number of benzene rings is 1. The van der Waals surface area contributed by atoms with E-state index in [9.17, 15) is 4.79 Å². The highest BCUT2D eigenvalue weighted by atomic mass is 16.5. The number of hydrogen-bond donors (Lipinski definition) is 3.